The maximum Gasteiger partial charge on any atom is 0.257 e. The lowest BCUT2D eigenvalue weighted by molar-refractivity contribution is 0.0193. The smallest absolute Gasteiger partial charge is 0.257 e. The maximum atomic E-state index is 11.1. The molecule has 0 saturated carbocycles. The Morgan fingerprint density at radius 1 is 1.24 bits per heavy atom. The predicted molar refractivity (Wildman–Crippen MR) is 93.1 cm³/mol. The summed E-state index contributed by atoms with van der Waals surface area (Å²) >= 11 is 0. The molecule has 1 aromatic carbocycles. The molecule has 0 amide bonds. The molecule has 8 heteroatoms. The third-order valence-corrected chi connectivity index (χ3v) is 5.02. The first kappa shape index (κ1) is 18.0. The van der Waals surface area contributed by atoms with E-state index in [0.717, 1.165) is 12.0 Å². The van der Waals surface area contributed by atoms with Crippen LogP contribution in [0.25, 0.3) is 11.5 Å². The molecule has 0 unspecified atom stereocenters. The fourth-order valence-electron chi connectivity index (χ4n) is 3.19. The summed E-state index contributed by atoms with van der Waals surface area (Å²) in [5.41, 5.74) is 1.35. The highest BCUT2D eigenvalue weighted by molar-refractivity contribution is 7.88. The van der Waals surface area contributed by atoms with Gasteiger partial charge in [-0.15, -0.1) is 0 Å². The van der Waals surface area contributed by atoms with Gasteiger partial charge in [0.2, 0.25) is 10.0 Å². The molecule has 1 saturated heterocycles. The molecule has 0 radical (unpaired) electrons. The molecule has 0 spiro atoms. The van der Waals surface area contributed by atoms with E-state index in [1.807, 2.05) is 0 Å². The molecule has 25 heavy (non-hydrogen) atoms. The molecule has 0 aliphatic carbocycles. The molecule has 7 nitrogen and oxygen atoms in total. The van der Waals surface area contributed by atoms with E-state index in [0.29, 0.717) is 23.9 Å². The van der Waals surface area contributed by atoms with Gasteiger partial charge in [0.25, 0.3) is 5.89 Å². The molecule has 1 aliphatic heterocycles. The lowest BCUT2D eigenvalue weighted by Crippen LogP contribution is -2.30. The Morgan fingerprint density at radius 3 is 2.52 bits per heavy atom. The lowest BCUT2D eigenvalue weighted by atomic mass is 9.81. The SMILES string of the molecule is CC(C)(C)[C@H]1OCC[C@@H]1c1noc(-c2ccc(CS(N)(=O)=O)cc2)n1. The molecule has 0 bridgehead atoms. The van der Waals surface area contributed by atoms with Gasteiger partial charge in [0.15, 0.2) is 5.82 Å². The highest BCUT2D eigenvalue weighted by atomic mass is 32.2. The quantitative estimate of drug-likeness (QED) is 0.891. The van der Waals surface area contributed by atoms with Crippen LogP contribution in [0, 0.1) is 5.41 Å². The molecule has 1 aromatic heterocycles. The van der Waals surface area contributed by atoms with Gasteiger partial charge in [0, 0.05) is 12.2 Å². The van der Waals surface area contributed by atoms with Gasteiger partial charge in [-0.3, -0.25) is 0 Å². The van der Waals surface area contributed by atoms with Crippen molar-refractivity contribution in [3.63, 3.8) is 0 Å². The minimum atomic E-state index is -3.55. The minimum Gasteiger partial charge on any atom is -0.377 e. The van der Waals surface area contributed by atoms with Crippen molar-refractivity contribution in [2.24, 2.45) is 10.6 Å². The first-order valence-corrected chi connectivity index (χ1v) is 9.90. The average Bonchev–Trinajstić information content (AvgIpc) is 3.14. The van der Waals surface area contributed by atoms with Crippen LogP contribution >= 0.6 is 0 Å². The first-order chi connectivity index (χ1) is 11.6. The van der Waals surface area contributed by atoms with Crippen LogP contribution in [0.2, 0.25) is 0 Å². The summed E-state index contributed by atoms with van der Waals surface area (Å²) in [4.78, 5) is 4.53. The molecule has 2 heterocycles. The summed E-state index contributed by atoms with van der Waals surface area (Å²) in [6, 6.07) is 6.90. The zero-order valence-electron chi connectivity index (χ0n) is 14.6. The summed E-state index contributed by atoms with van der Waals surface area (Å²) in [6.45, 7) is 7.11. The van der Waals surface area contributed by atoms with Gasteiger partial charge in [-0.05, 0) is 29.5 Å². The Labute approximate surface area is 147 Å². The second-order valence-electron chi connectivity index (χ2n) is 7.51. The monoisotopic (exact) mass is 365 g/mol. The standard InChI is InChI=1S/C17H23N3O4S/c1-17(2,3)14-13(8-9-23-14)15-19-16(24-20-15)12-6-4-11(5-7-12)10-25(18,21)22/h4-7,13-14H,8-10H2,1-3H3,(H2,18,21,22)/t13-,14-/m0/s1. The molecule has 1 aliphatic rings. The van der Waals surface area contributed by atoms with Gasteiger partial charge in [0.05, 0.1) is 17.8 Å². The van der Waals surface area contributed by atoms with Crippen molar-refractivity contribution in [1.29, 1.82) is 0 Å². The highest BCUT2D eigenvalue weighted by Crippen LogP contribution is 2.40. The number of rotatable bonds is 4. The van der Waals surface area contributed by atoms with Crippen molar-refractivity contribution in [2.75, 3.05) is 6.61 Å². The molecule has 2 aromatic rings. The Hall–Kier alpha value is -1.77. The maximum absolute atomic E-state index is 11.1. The lowest BCUT2D eigenvalue weighted by Gasteiger charge is -2.29. The van der Waals surface area contributed by atoms with E-state index in [-0.39, 0.29) is 23.2 Å². The van der Waals surface area contributed by atoms with Crippen LogP contribution in [0.1, 0.15) is 44.5 Å². The normalized spacial score (nSPS) is 21.6. The molecule has 2 N–H and O–H groups in total. The number of nitrogens with two attached hydrogens (primary N) is 1. The number of hydrogen-bond donors (Lipinski definition) is 1. The van der Waals surface area contributed by atoms with Crippen LogP contribution in [0.4, 0.5) is 0 Å². The summed E-state index contributed by atoms with van der Waals surface area (Å²) in [5.74, 6) is 0.978. The van der Waals surface area contributed by atoms with Crippen molar-refractivity contribution in [2.45, 2.75) is 45.0 Å². The Balaban J connectivity index is 1.80. The van der Waals surface area contributed by atoms with Gasteiger partial charge < -0.3 is 9.26 Å². The van der Waals surface area contributed by atoms with Crippen LogP contribution in [0.15, 0.2) is 28.8 Å². The Morgan fingerprint density at radius 2 is 1.92 bits per heavy atom. The van der Waals surface area contributed by atoms with Crippen molar-refractivity contribution >= 4 is 10.0 Å². The van der Waals surface area contributed by atoms with Crippen LogP contribution < -0.4 is 5.14 Å². The zero-order valence-corrected chi connectivity index (χ0v) is 15.4. The van der Waals surface area contributed by atoms with E-state index in [9.17, 15) is 8.42 Å². The number of nitrogens with zero attached hydrogens (tertiary/aromatic N) is 2. The largest absolute Gasteiger partial charge is 0.377 e. The van der Waals surface area contributed by atoms with Crippen molar-refractivity contribution < 1.29 is 17.7 Å². The van der Waals surface area contributed by atoms with Gasteiger partial charge in [-0.1, -0.05) is 38.1 Å². The summed E-state index contributed by atoms with van der Waals surface area (Å²) in [7, 11) is -3.55. The predicted octanol–water partition coefficient (Wildman–Crippen LogP) is 2.44. The molecule has 3 rings (SSSR count). The number of benzene rings is 1. The number of ether oxygens (including phenoxy) is 1. The van der Waals surface area contributed by atoms with E-state index < -0.39 is 10.0 Å². The average molecular weight is 365 g/mol. The Bertz CT molecular complexity index is 838. The summed E-state index contributed by atoms with van der Waals surface area (Å²) < 4.78 is 33.6. The topological polar surface area (TPSA) is 108 Å². The zero-order chi connectivity index (χ0) is 18.2. The molecule has 2 atom stereocenters. The van der Waals surface area contributed by atoms with E-state index in [1.165, 1.54) is 0 Å². The Kier molecular flexibility index (Phi) is 4.70. The molecular weight excluding hydrogens is 342 g/mol. The van der Waals surface area contributed by atoms with E-state index >= 15 is 0 Å². The third-order valence-electron chi connectivity index (χ3n) is 4.29. The summed E-state index contributed by atoms with van der Waals surface area (Å²) in [6.07, 6.45) is 0.920. The number of hydrogen-bond acceptors (Lipinski definition) is 6. The van der Waals surface area contributed by atoms with Gasteiger partial charge in [-0.25, -0.2) is 13.6 Å². The van der Waals surface area contributed by atoms with E-state index in [2.05, 4.69) is 30.9 Å². The molecule has 1 fully saturated rings. The fraction of sp³-hybridized carbons (Fsp3) is 0.529. The third kappa shape index (κ3) is 4.26. The molecule has 136 valence electrons. The van der Waals surface area contributed by atoms with Crippen LogP contribution in [0.3, 0.4) is 0 Å². The first-order valence-electron chi connectivity index (χ1n) is 8.18. The van der Waals surface area contributed by atoms with Crippen LogP contribution in [-0.2, 0) is 20.5 Å². The summed E-state index contributed by atoms with van der Waals surface area (Å²) in [5, 5.41) is 9.20. The van der Waals surface area contributed by atoms with Gasteiger partial charge in [0.1, 0.15) is 0 Å². The van der Waals surface area contributed by atoms with E-state index in [1.54, 1.807) is 24.3 Å². The number of primary sulfonamides is 1. The van der Waals surface area contributed by atoms with E-state index in [4.69, 9.17) is 14.4 Å². The van der Waals surface area contributed by atoms with Gasteiger partial charge >= 0.3 is 0 Å². The van der Waals surface area contributed by atoms with Crippen LogP contribution in [-0.4, -0.2) is 31.3 Å². The van der Waals surface area contributed by atoms with Crippen molar-refractivity contribution in [3.05, 3.63) is 35.7 Å². The fourth-order valence-corrected chi connectivity index (χ4v) is 3.84. The highest BCUT2D eigenvalue weighted by Gasteiger charge is 2.40. The minimum absolute atomic E-state index is 0.00266. The van der Waals surface area contributed by atoms with Crippen molar-refractivity contribution in [1.82, 2.24) is 10.1 Å². The van der Waals surface area contributed by atoms with Crippen LogP contribution in [0.5, 0.6) is 0 Å². The second-order valence-corrected chi connectivity index (χ2v) is 9.13. The van der Waals surface area contributed by atoms with Crippen molar-refractivity contribution in [3.8, 4) is 11.5 Å². The van der Waals surface area contributed by atoms with Gasteiger partial charge in [-0.2, -0.15) is 4.98 Å². The second kappa shape index (κ2) is 6.51. The number of aromatic nitrogens is 2. The number of sulfonamides is 1. The molecular formula is C17H23N3O4S.